The monoisotopic (exact) mass is 418 g/mol. The van der Waals surface area contributed by atoms with Gasteiger partial charge in [-0.2, -0.15) is 4.98 Å². The first kappa shape index (κ1) is 19.5. The van der Waals surface area contributed by atoms with E-state index in [4.69, 9.17) is 4.52 Å². The SMILES string of the molecule is CC(=O)Nc1ccc(C(=O)Nc2ccccc2Cc2nc(-c3cccs3)no2)cc1. The molecular weight excluding hydrogens is 400 g/mol. The molecule has 7 nitrogen and oxygen atoms in total. The van der Waals surface area contributed by atoms with E-state index in [2.05, 4.69) is 20.8 Å². The maximum atomic E-state index is 12.7. The van der Waals surface area contributed by atoms with Crippen LogP contribution >= 0.6 is 11.3 Å². The van der Waals surface area contributed by atoms with Crippen LogP contribution in [0.2, 0.25) is 0 Å². The summed E-state index contributed by atoms with van der Waals surface area (Å²) in [6.45, 7) is 1.43. The average molecular weight is 418 g/mol. The van der Waals surface area contributed by atoms with Gasteiger partial charge in [-0.15, -0.1) is 11.3 Å². The smallest absolute Gasteiger partial charge is 0.255 e. The average Bonchev–Trinajstić information content (AvgIpc) is 3.41. The van der Waals surface area contributed by atoms with Crippen LogP contribution in [0.15, 0.2) is 70.6 Å². The zero-order valence-electron chi connectivity index (χ0n) is 16.1. The number of amides is 2. The molecule has 2 amide bonds. The molecule has 0 radical (unpaired) electrons. The van der Waals surface area contributed by atoms with Crippen LogP contribution in [0.4, 0.5) is 11.4 Å². The van der Waals surface area contributed by atoms with Crippen LogP contribution in [0, 0.1) is 0 Å². The Balaban J connectivity index is 1.48. The number of hydrogen-bond donors (Lipinski definition) is 2. The predicted octanol–water partition coefficient (Wildman–Crippen LogP) is 4.60. The van der Waals surface area contributed by atoms with Gasteiger partial charge in [0.05, 0.1) is 11.3 Å². The van der Waals surface area contributed by atoms with Gasteiger partial charge in [0.25, 0.3) is 5.91 Å². The fraction of sp³-hybridized carbons (Fsp3) is 0.0909. The van der Waals surface area contributed by atoms with Crippen LogP contribution in [0.3, 0.4) is 0 Å². The first-order chi connectivity index (χ1) is 14.6. The lowest BCUT2D eigenvalue weighted by Crippen LogP contribution is -2.13. The van der Waals surface area contributed by atoms with Gasteiger partial charge in [0, 0.05) is 23.9 Å². The van der Waals surface area contributed by atoms with Crippen molar-refractivity contribution in [2.24, 2.45) is 0 Å². The summed E-state index contributed by atoms with van der Waals surface area (Å²) in [4.78, 5) is 29.2. The first-order valence-electron chi connectivity index (χ1n) is 9.22. The minimum atomic E-state index is -0.248. The van der Waals surface area contributed by atoms with E-state index in [1.807, 2.05) is 41.8 Å². The summed E-state index contributed by atoms with van der Waals surface area (Å²) < 4.78 is 5.38. The number of aromatic nitrogens is 2. The Labute approximate surface area is 176 Å². The summed E-state index contributed by atoms with van der Waals surface area (Å²) in [7, 11) is 0. The molecule has 0 bridgehead atoms. The van der Waals surface area contributed by atoms with Crippen molar-refractivity contribution in [3.8, 4) is 10.7 Å². The molecule has 0 fully saturated rings. The molecule has 0 saturated carbocycles. The maximum Gasteiger partial charge on any atom is 0.255 e. The Morgan fingerprint density at radius 2 is 1.80 bits per heavy atom. The molecular formula is C22H18N4O3S. The molecule has 4 aromatic rings. The van der Waals surface area contributed by atoms with E-state index in [9.17, 15) is 9.59 Å². The van der Waals surface area contributed by atoms with Crippen LogP contribution < -0.4 is 10.6 Å². The molecule has 0 spiro atoms. The van der Waals surface area contributed by atoms with Gasteiger partial charge in [-0.25, -0.2) is 0 Å². The van der Waals surface area contributed by atoms with Crippen molar-refractivity contribution in [2.45, 2.75) is 13.3 Å². The highest BCUT2D eigenvalue weighted by Crippen LogP contribution is 2.24. The minimum absolute atomic E-state index is 0.163. The second-order valence-corrected chi connectivity index (χ2v) is 7.48. The zero-order chi connectivity index (χ0) is 20.9. The molecule has 150 valence electrons. The molecule has 0 aliphatic rings. The number of para-hydroxylation sites is 1. The number of carbonyl (C=O) groups is 2. The van der Waals surface area contributed by atoms with E-state index in [1.165, 1.54) is 6.92 Å². The highest BCUT2D eigenvalue weighted by atomic mass is 32.1. The molecule has 2 N–H and O–H groups in total. The third-order valence-corrected chi connectivity index (χ3v) is 5.15. The Bertz CT molecular complexity index is 1170. The van der Waals surface area contributed by atoms with Crippen LogP contribution in [0.5, 0.6) is 0 Å². The standard InChI is InChI=1S/C22H18N4O3S/c1-14(27)23-17-10-8-15(9-11-17)22(28)24-18-6-3-2-5-16(18)13-20-25-21(26-29-20)19-7-4-12-30-19/h2-12H,13H2,1H3,(H,23,27)(H,24,28). The normalized spacial score (nSPS) is 10.6. The van der Waals surface area contributed by atoms with Crippen LogP contribution in [-0.2, 0) is 11.2 Å². The second-order valence-electron chi connectivity index (χ2n) is 6.54. The van der Waals surface area contributed by atoms with Crippen molar-refractivity contribution >= 4 is 34.5 Å². The van der Waals surface area contributed by atoms with Gasteiger partial charge in [0.2, 0.25) is 17.6 Å². The van der Waals surface area contributed by atoms with Gasteiger partial charge in [0.15, 0.2) is 0 Å². The summed E-state index contributed by atoms with van der Waals surface area (Å²) in [5, 5.41) is 11.6. The third-order valence-electron chi connectivity index (χ3n) is 4.28. The molecule has 0 atom stereocenters. The summed E-state index contributed by atoms with van der Waals surface area (Å²) >= 11 is 1.54. The Hall–Kier alpha value is -3.78. The van der Waals surface area contributed by atoms with Crippen LogP contribution in [0.25, 0.3) is 10.7 Å². The van der Waals surface area contributed by atoms with Crippen molar-refractivity contribution in [1.29, 1.82) is 0 Å². The number of nitrogens with zero attached hydrogens (tertiary/aromatic N) is 2. The zero-order valence-corrected chi connectivity index (χ0v) is 16.9. The summed E-state index contributed by atoms with van der Waals surface area (Å²) in [5.41, 5.74) is 2.65. The lowest BCUT2D eigenvalue weighted by atomic mass is 10.1. The van der Waals surface area contributed by atoms with Gasteiger partial charge in [-0.05, 0) is 47.3 Å². The molecule has 4 rings (SSSR count). The van der Waals surface area contributed by atoms with E-state index in [1.54, 1.807) is 35.6 Å². The summed E-state index contributed by atoms with van der Waals surface area (Å²) in [6.07, 6.45) is 0.399. The number of rotatable bonds is 6. The summed E-state index contributed by atoms with van der Waals surface area (Å²) in [5.74, 6) is 0.617. The van der Waals surface area contributed by atoms with Crippen molar-refractivity contribution in [3.05, 3.63) is 83.1 Å². The highest BCUT2D eigenvalue weighted by Gasteiger charge is 2.14. The number of benzene rings is 2. The number of thiophene rings is 1. The molecule has 0 aliphatic carbocycles. The van der Waals surface area contributed by atoms with Crippen molar-refractivity contribution in [2.75, 3.05) is 10.6 Å². The number of anilines is 2. The van der Waals surface area contributed by atoms with Gasteiger partial charge in [0.1, 0.15) is 0 Å². The van der Waals surface area contributed by atoms with E-state index >= 15 is 0 Å². The fourth-order valence-electron chi connectivity index (χ4n) is 2.89. The van der Waals surface area contributed by atoms with E-state index in [0.717, 1.165) is 10.4 Å². The number of nitrogens with one attached hydrogen (secondary N) is 2. The van der Waals surface area contributed by atoms with E-state index < -0.39 is 0 Å². The van der Waals surface area contributed by atoms with Crippen molar-refractivity contribution in [1.82, 2.24) is 10.1 Å². The molecule has 0 unspecified atom stereocenters. The quantitative estimate of drug-likeness (QED) is 0.477. The first-order valence-corrected chi connectivity index (χ1v) is 10.1. The fourth-order valence-corrected chi connectivity index (χ4v) is 3.54. The van der Waals surface area contributed by atoms with Crippen molar-refractivity contribution in [3.63, 3.8) is 0 Å². The van der Waals surface area contributed by atoms with Gasteiger partial charge in [-0.3, -0.25) is 9.59 Å². The van der Waals surface area contributed by atoms with Crippen LogP contribution in [0.1, 0.15) is 28.7 Å². The lowest BCUT2D eigenvalue weighted by molar-refractivity contribution is -0.114. The van der Waals surface area contributed by atoms with E-state index in [0.29, 0.717) is 35.1 Å². The van der Waals surface area contributed by atoms with Gasteiger partial charge in [-0.1, -0.05) is 29.4 Å². The summed E-state index contributed by atoms with van der Waals surface area (Å²) in [6, 6.07) is 18.0. The van der Waals surface area contributed by atoms with Gasteiger partial charge < -0.3 is 15.2 Å². The van der Waals surface area contributed by atoms with Crippen molar-refractivity contribution < 1.29 is 14.1 Å². The topological polar surface area (TPSA) is 97.1 Å². The van der Waals surface area contributed by atoms with Crippen LogP contribution in [-0.4, -0.2) is 22.0 Å². The molecule has 8 heteroatoms. The third kappa shape index (κ3) is 4.61. The van der Waals surface area contributed by atoms with E-state index in [-0.39, 0.29) is 11.8 Å². The molecule has 2 heterocycles. The Kier molecular flexibility index (Phi) is 5.67. The molecule has 2 aromatic heterocycles. The maximum absolute atomic E-state index is 12.7. The Morgan fingerprint density at radius 1 is 1.00 bits per heavy atom. The molecule has 0 saturated heterocycles. The Morgan fingerprint density at radius 3 is 2.53 bits per heavy atom. The molecule has 0 aliphatic heterocycles. The molecule has 2 aromatic carbocycles. The predicted molar refractivity (Wildman–Crippen MR) is 116 cm³/mol. The minimum Gasteiger partial charge on any atom is -0.339 e. The highest BCUT2D eigenvalue weighted by molar-refractivity contribution is 7.13. The number of hydrogen-bond acceptors (Lipinski definition) is 6. The lowest BCUT2D eigenvalue weighted by Gasteiger charge is -2.10. The largest absolute Gasteiger partial charge is 0.339 e. The van der Waals surface area contributed by atoms with Gasteiger partial charge >= 0.3 is 0 Å². The molecule has 30 heavy (non-hydrogen) atoms. The second kappa shape index (κ2) is 8.71. The number of carbonyl (C=O) groups excluding carboxylic acids is 2.